The van der Waals surface area contributed by atoms with E-state index in [1.165, 1.54) is 11.7 Å². The second-order valence-electron chi connectivity index (χ2n) is 9.92. The monoisotopic (exact) mass is 677 g/mol. The van der Waals surface area contributed by atoms with E-state index >= 15 is 0 Å². The van der Waals surface area contributed by atoms with Crippen molar-refractivity contribution in [2.75, 3.05) is 18.6 Å². The van der Waals surface area contributed by atoms with Crippen molar-refractivity contribution in [1.29, 1.82) is 0 Å². The fraction of sp³-hybridized carbons (Fsp3) is 0.188. The lowest BCUT2D eigenvalue weighted by Crippen LogP contribution is -2.41. The molecule has 3 heterocycles. The van der Waals surface area contributed by atoms with Crippen LogP contribution in [0.3, 0.4) is 0 Å². The quantitative estimate of drug-likeness (QED) is 0.264. The summed E-state index contributed by atoms with van der Waals surface area (Å²) in [6.45, 7) is 3.90. The highest BCUT2D eigenvalue weighted by Crippen LogP contribution is 2.39. The first-order chi connectivity index (χ1) is 20.7. The second-order valence-corrected chi connectivity index (χ2v) is 12.2. The van der Waals surface area contributed by atoms with E-state index in [2.05, 4.69) is 20.9 Å². The van der Waals surface area contributed by atoms with Crippen LogP contribution in [0.25, 0.3) is 5.57 Å². The molecule has 2 aliphatic rings. The smallest absolute Gasteiger partial charge is 0.338 e. The Hall–Kier alpha value is -3.99. The zero-order valence-corrected chi connectivity index (χ0v) is 26.5. The number of hydrogen-bond donors (Lipinski definition) is 0. The first kappa shape index (κ1) is 29.1. The number of ether oxygens (including phenoxy) is 2. The molecule has 0 unspecified atom stereocenters. The van der Waals surface area contributed by atoms with Gasteiger partial charge in [0.05, 0.1) is 42.8 Å². The van der Waals surface area contributed by atoms with Crippen LogP contribution in [0.5, 0.6) is 5.75 Å². The van der Waals surface area contributed by atoms with Crippen molar-refractivity contribution in [3.63, 3.8) is 0 Å². The number of rotatable bonds is 6. The van der Waals surface area contributed by atoms with Crippen molar-refractivity contribution in [2.24, 2.45) is 4.99 Å². The largest absolute Gasteiger partial charge is 0.496 e. The number of benzene rings is 3. The standard InChI is InChI=1S/C32H25BrClN3O5S/c1-4-42-31(40)25-17(2)35-32-37(27(25)22-15-19(33)11-14-24(22)41-3)30(39)28(43-32)26-21-7-5-6-8-23(21)36(29(26)38)16-18-9-12-20(34)13-10-18/h5-15,27H,4,16H2,1-3H3/b28-26-/t27-/m1/s1. The molecule has 1 aromatic heterocycles. The van der Waals surface area contributed by atoms with Crippen LogP contribution < -0.4 is 24.5 Å². The van der Waals surface area contributed by atoms with Crippen LogP contribution in [-0.4, -0.2) is 30.2 Å². The lowest BCUT2D eigenvalue weighted by Gasteiger charge is -2.26. The van der Waals surface area contributed by atoms with Gasteiger partial charge >= 0.3 is 5.97 Å². The van der Waals surface area contributed by atoms with Crippen LogP contribution in [0.2, 0.25) is 5.02 Å². The molecular formula is C32H25BrClN3O5S. The van der Waals surface area contributed by atoms with Crippen LogP contribution >= 0.6 is 38.9 Å². The summed E-state index contributed by atoms with van der Waals surface area (Å²) in [7, 11) is 1.53. The lowest BCUT2D eigenvalue weighted by molar-refractivity contribution is -0.139. The van der Waals surface area contributed by atoms with Gasteiger partial charge in [-0.15, -0.1) is 0 Å². The second kappa shape index (κ2) is 11.6. The van der Waals surface area contributed by atoms with Crippen LogP contribution in [0.1, 0.15) is 36.6 Å². The maximum Gasteiger partial charge on any atom is 0.338 e. The zero-order chi connectivity index (χ0) is 30.4. The fourth-order valence-corrected chi connectivity index (χ4v) is 7.13. The summed E-state index contributed by atoms with van der Waals surface area (Å²) in [5.74, 6) is -0.385. The minimum absolute atomic E-state index is 0.154. The number of esters is 1. The van der Waals surface area contributed by atoms with E-state index in [9.17, 15) is 14.4 Å². The molecule has 0 spiro atoms. The van der Waals surface area contributed by atoms with E-state index in [1.54, 1.807) is 36.9 Å². The van der Waals surface area contributed by atoms with Gasteiger partial charge in [-0.2, -0.15) is 0 Å². The summed E-state index contributed by atoms with van der Waals surface area (Å²) >= 11 is 10.7. The topological polar surface area (TPSA) is 90.2 Å². The maximum absolute atomic E-state index is 14.4. The Bertz CT molecular complexity index is 2020. The maximum atomic E-state index is 14.4. The normalized spacial score (nSPS) is 17.0. The average Bonchev–Trinajstić information content (AvgIpc) is 3.45. The molecule has 0 saturated heterocycles. The molecule has 1 atom stereocenters. The van der Waals surface area contributed by atoms with E-state index in [-0.39, 0.29) is 22.6 Å². The van der Waals surface area contributed by atoms with Crippen molar-refractivity contribution in [2.45, 2.75) is 26.4 Å². The predicted octanol–water partition coefficient (Wildman–Crippen LogP) is 5.14. The number of para-hydroxylation sites is 1. The van der Waals surface area contributed by atoms with Gasteiger partial charge in [-0.3, -0.25) is 14.2 Å². The third-order valence-electron chi connectivity index (χ3n) is 7.38. The van der Waals surface area contributed by atoms with E-state index in [1.807, 2.05) is 48.5 Å². The first-order valence-corrected chi connectivity index (χ1v) is 15.4. The van der Waals surface area contributed by atoms with Crippen LogP contribution in [0, 0.1) is 0 Å². The number of hydrogen-bond acceptors (Lipinski definition) is 7. The van der Waals surface area contributed by atoms with Gasteiger partial charge in [0, 0.05) is 20.6 Å². The fourth-order valence-electron chi connectivity index (χ4n) is 5.48. The Labute approximate surface area is 264 Å². The van der Waals surface area contributed by atoms with Gasteiger partial charge < -0.3 is 14.4 Å². The molecule has 0 saturated carbocycles. The molecule has 0 fully saturated rings. The highest BCUT2D eigenvalue weighted by molar-refractivity contribution is 9.10. The van der Waals surface area contributed by atoms with E-state index < -0.39 is 17.6 Å². The molecule has 0 bridgehead atoms. The third-order valence-corrected chi connectivity index (χ3v) is 9.18. The summed E-state index contributed by atoms with van der Waals surface area (Å²) in [6, 6.07) is 19.2. The summed E-state index contributed by atoms with van der Waals surface area (Å²) in [6.07, 6.45) is 0. The molecule has 0 N–H and O–H groups in total. The van der Waals surface area contributed by atoms with Gasteiger partial charge in [0.2, 0.25) is 0 Å². The molecule has 6 rings (SSSR count). The third kappa shape index (κ3) is 5.03. The van der Waals surface area contributed by atoms with Gasteiger partial charge in [-0.05, 0) is 55.8 Å². The highest BCUT2D eigenvalue weighted by atomic mass is 79.9. The average molecular weight is 679 g/mol. The van der Waals surface area contributed by atoms with E-state index in [4.69, 9.17) is 21.1 Å². The Kier molecular flexibility index (Phi) is 7.85. The number of fused-ring (bicyclic) bond motifs is 2. The van der Waals surface area contributed by atoms with Crippen molar-refractivity contribution in [3.05, 3.63) is 124 Å². The minimum atomic E-state index is -0.894. The highest BCUT2D eigenvalue weighted by Gasteiger charge is 2.38. The minimum Gasteiger partial charge on any atom is -0.496 e. The number of amides is 1. The van der Waals surface area contributed by atoms with Crippen LogP contribution in [0.15, 0.2) is 92.3 Å². The van der Waals surface area contributed by atoms with Gasteiger partial charge in [-0.25, -0.2) is 9.79 Å². The Morgan fingerprint density at radius 2 is 1.84 bits per heavy atom. The zero-order valence-electron chi connectivity index (χ0n) is 23.4. The number of thiazole rings is 1. The molecule has 2 aliphatic heterocycles. The molecule has 4 aromatic rings. The molecule has 218 valence electrons. The molecule has 3 aromatic carbocycles. The Morgan fingerprint density at radius 3 is 2.56 bits per heavy atom. The molecular weight excluding hydrogens is 654 g/mol. The number of nitrogens with zero attached hydrogens (tertiary/aromatic N) is 3. The number of anilines is 1. The van der Waals surface area contributed by atoms with E-state index in [0.29, 0.717) is 50.2 Å². The van der Waals surface area contributed by atoms with E-state index in [0.717, 1.165) is 21.4 Å². The van der Waals surface area contributed by atoms with Crippen molar-refractivity contribution in [1.82, 2.24) is 4.57 Å². The summed E-state index contributed by atoms with van der Waals surface area (Å²) < 4.78 is 13.5. The Balaban J connectivity index is 1.60. The number of halogens is 2. The van der Waals surface area contributed by atoms with Crippen molar-refractivity contribution >= 4 is 62.0 Å². The molecule has 0 aliphatic carbocycles. The number of allylic oxidation sites excluding steroid dienone is 1. The summed E-state index contributed by atoms with van der Waals surface area (Å²) in [5, 5.41) is 0.604. The van der Waals surface area contributed by atoms with Crippen molar-refractivity contribution in [3.8, 4) is 5.75 Å². The lowest BCUT2D eigenvalue weighted by atomic mass is 9.95. The molecule has 8 nitrogen and oxygen atoms in total. The Morgan fingerprint density at radius 1 is 1.09 bits per heavy atom. The summed E-state index contributed by atoms with van der Waals surface area (Å²) in [5.41, 5.74) is 3.35. The van der Waals surface area contributed by atoms with Gasteiger partial charge in [0.15, 0.2) is 4.80 Å². The number of carbonyl (C=O) groups is 2. The molecule has 11 heteroatoms. The number of carbonyl (C=O) groups excluding carboxylic acids is 2. The van der Waals surface area contributed by atoms with Crippen molar-refractivity contribution < 1.29 is 19.1 Å². The number of methoxy groups -OCH3 is 1. The molecule has 1 amide bonds. The van der Waals surface area contributed by atoms with Gasteiger partial charge in [-0.1, -0.05) is 69.2 Å². The van der Waals surface area contributed by atoms with Crippen LogP contribution in [0.4, 0.5) is 5.69 Å². The number of aromatic nitrogens is 1. The van der Waals surface area contributed by atoms with Gasteiger partial charge in [0.1, 0.15) is 16.3 Å². The summed E-state index contributed by atoms with van der Waals surface area (Å²) in [4.78, 5) is 48.6. The van der Waals surface area contributed by atoms with Crippen LogP contribution in [-0.2, 0) is 20.9 Å². The molecule has 0 radical (unpaired) electrons. The molecule has 43 heavy (non-hydrogen) atoms. The van der Waals surface area contributed by atoms with Gasteiger partial charge in [0.25, 0.3) is 11.5 Å². The predicted molar refractivity (Wildman–Crippen MR) is 169 cm³/mol. The SMILES string of the molecule is CCOC(=O)C1=C(C)N=c2s/c(=C3\C(=O)N(Cc4ccc(Cl)cc4)c4ccccc43)c(=O)n2[C@@H]1c1cc(Br)ccc1OC. The first-order valence-electron chi connectivity index (χ1n) is 13.4.